The molecule has 1 aliphatic rings. The van der Waals surface area contributed by atoms with Crippen LogP contribution in [0.5, 0.6) is 11.5 Å². The van der Waals surface area contributed by atoms with Gasteiger partial charge in [0, 0.05) is 6.54 Å². The number of amides is 1. The number of anilines is 1. The minimum atomic E-state index is -0.517. The molecule has 2 rings (SSSR count). The van der Waals surface area contributed by atoms with Crippen molar-refractivity contribution in [3.8, 4) is 11.5 Å². The maximum absolute atomic E-state index is 12.4. The van der Waals surface area contributed by atoms with Gasteiger partial charge in [-0.2, -0.15) is 0 Å². The van der Waals surface area contributed by atoms with Crippen LogP contribution in [-0.4, -0.2) is 30.8 Å². The molecule has 1 aliphatic heterocycles. The van der Waals surface area contributed by atoms with Crippen LogP contribution in [0.25, 0.3) is 0 Å². The second-order valence-electron chi connectivity index (χ2n) is 4.56. The Morgan fingerprint density at radius 3 is 2.85 bits per heavy atom. The molecule has 1 atom stereocenters. The third kappa shape index (κ3) is 2.36. The van der Waals surface area contributed by atoms with Crippen molar-refractivity contribution in [2.45, 2.75) is 26.1 Å². The van der Waals surface area contributed by atoms with E-state index in [1.54, 1.807) is 23.1 Å². The molecule has 0 saturated carbocycles. The Bertz CT molecular complexity index is 527. The van der Waals surface area contributed by atoms with Gasteiger partial charge in [0.05, 0.1) is 19.4 Å². The molecule has 1 N–H and O–H groups in total. The number of benzene rings is 1. The third-order valence-electron chi connectivity index (χ3n) is 3.27. The van der Waals surface area contributed by atoms with Crippen molar-refractivity contribution in [3.63, 3.8) is 0 Å². The van der Waals surface area contributed by atoms with Crippen LogP contribution < -0.4 is 14.4 Å². The number of aliphatic hydroxyl groups is 1. The minimum Gasteiger partial charge on any atom is -0.493 e. The Kier molecular flexibility index (Phi) is 4.29. The average Bonchev–Trinajstić information content (AvgIpc) is 2.48. The normalized spacial score (nSPS) is 17.4. The molecule has 0 aliphatic carbocycles. The van der Waals surface area contributed by atoms with Gasteiger partial charge in [0.25, 0.3) is 5.91 Å². The first-order chi connectivity index (χ1) is 9.65. The van der Waals surface area contributed by atoms with Gasteiger partial charge >= 0.3 is 0 Å². The monoisotopic (exact) mass is 277 g/mol. The zero-order valence-electron chi connectivity index (χ0n) is 11.8. The van der Waals surface area contributed by atoms with Gasteiger partial charge < -0.3 is 19.5 Å². The number of hydrogen-bond acceptors (Lipinski definition) is 4. The van der Waals surface area contributed by atoms with Gasteiger partial charge in [0.1, 0.15) is 0 Å². The lowest BCUT2D eigenvalue weighted by molar-refractivity contribution is -0.126. The first kappa shape index (κ1) is 14.4. The molecule has 108 valence electrons. The van der Waals surface area contributed by atoms with Crippen LogP contribution in [0, 0.1) is 0 Å². The fraction of sp³-hybridized carbons (Fsp3) is 0.400. The Balaban J connectivity index is 2.58. The predicted octanol–water partition coefficient (Wildman–Crippen LogP) is 1.88. The number of nitrogens with zero attached hydrogens (tertiary/aromatic N) is 1. The number of rotatable bonds is 5. The van der Waals surface area contributed by atoms with Gasteiger partial charge in [-0.25, -0.2) is 0 Å². The Morgan fingerprint density at radius 2 is 2.30 bits per heavy atom. The molecule has 1 heterocycles. The molecule has 0 bridgehead atoms. The molecule has 0 spiro atoms. The molecule has 0 fully saturated rings. The van der Waals surface area contributed by atoms with E-state index in [0.717, 1.165) is 0 Å². The van der Waals surface area contributed by atoms with Crippen LogP contribution in [-0.2, 0) is 11.4 Å². The molecular formula is C15H19NO4. The summed E-state index contributed by atoms with van der Waals surface area (Å²) in [5.74, 6) is 0.960. The molecule has 1 aromatic rings. The first-order valence-electron chi connectivity index (χ1n) is 6.56. The highest BCUT2D eigenvalue weighted by atomic mass is 16.5. The number of carbonyl (C=O) groups excluding carboxylic acids is 1. The second kappa shape index (κ2) is 5.96. The summed E-state index contributed by atoms with van der Waals surface area (Å²) < 4.78 is 11.1. The summed E-state index contributed by atoms with van der Waals surface area (Å²) in [6.07, 6.45) is 1.73. The smallest absolute Gasteiger partial charge is 0.268 e. The lowest BCUT2D eigenvalue weighted by Gasteiger charge is -2.34. The quantitative estimate of drug-likeness (QED) is 0.835. The van der Waals surface area contributed by atoms with Crippen molar-refractivity contribution in [3.05, 3.63) is 30.4 Å². The highest BCUT2D eigenvalue weighted by Crippen LogP contribution is 2.43. The van der Waals surface area contributed by atoms with E-state index in [4.69, 9.17) is 9.47 Å². The van der Waals surface area contributed by atoms with Gasteiger partial charge in [-0.3, -0.25) is 4.79 Å². The molecule has 1 unspecified atom stereocenters. The van der Waals surface area contributed by atoms with E-state index in [1.807, 2.05) is 6.92 Å². The highest BCUT2D eigenvalue weighted by molar-refractivity contribution is 6.01. The van der Waals surface area contributed by atoms with E-state index >= 15 is 0 Å². The molecule has 0 radical (unpaired) electrons. The number of ether oxygens (including phenoxy) is 2. The standard InChI is InChI=1S/C15H19NO4/c1-4-6-16-11-7-10(9-17)8-13(19-3)14(11)20-12(5-2)15(16)18/h4,7-8,12,17H,1,5-6,9H2,2-3H3. The van der Waals surface area contributed by atoms with E-state index in [9.17, 15) is 9.90 Å². The largest absolute Gasteiger partial charge is 0.493 e. The van der Waals surface area contributed by atoms with Gasteiger partial charge in [-0.05, 0) is 24.1 Å². The predicted molar refractivity (Wildman–Crippen MR) is 76.2 cm³/mol. The molecule has 0 aromatic heterocycles. The molecular weight excluding hydrogens is 258 g/mol. The average molecular weight is 277 g/mol. The van der Waals surface area contributed by atoms with E-state index in [2.05, 4.69) is 6.58 Å². The van der Waals surface area contributed by atoms with Crippen LogP contribution in [0.15, 0.2) is 24.8 Å². The van der Waals surface area contributed by atoms with E-state index < -0.39 is 6.10 Å². The van der Waals surface area contributed by atoms with E-state index in [0.29, 0.717) is 35.7 Å². The van der Waals surface area contributed by atoms with Gasteiger partial charge in [-0.1, -0.05) is 13.0 Å². The Morgan fingerprint density at radius 1 is 1.55 bits per heavy atom. The number of fused-ring (bicyclic) bond motifs is 1. The molecule has 5 nitrogen and oxygen atoms in total. The first-order valence-corrected chi connectivity index (χ1v) is 6.56. The van der Waals surface area contributed by atoms with E-state index in [-0.39, 0.29) is 12.5 Å². The highest BCUT2D eigenvalue weighted by Gasteiger charge is 2.34. The SMILES string of the molecule is C=CCN1C(=O)C(CC)Oc2c(OC)cc(CO)cc21. The summed E-state index contributed by atoms with van der Waals surface area (Å²) in [6, 6.07) is 3.46. The maximum Gasteiger partial charge on any atom is 0.268 e. The fourth-order valence-corrected chi connectivity index (χ4v) is 2.27. The number of methoxy groups -OCH3 is 1. The van der Waals surface area contributed by atoms with Gasteiger partial charge in [0.15, 0.2) is 17.6 Å². The van der Waals surface area contributed by atoms with Crippen LogP contribution in [0.2, 0.25) is 0 Å². The summed E-state index contributed by atoms with van der Waals surface area (Å²) in [7, 11) is 1.54. The zero-order chi connectivity index (χ0) is 14.7. The van der Waals surface area contributed by atoms with Crippen molar-refractivity contribution in [2.24, 2.45) is 0 Å². The van der Waals surface area contributed by atoms with Crippen molar-refractivity contribution < 1.29 is 19.4 Å². The summed E-state index contributed by atoms with van der Waals surface area (Å²) in [5, 5.41) is 9.32. The topological polar surface area (TPSA) is 59.0 Å². The zero-order valence-corrected chi connectivity index (χ0v) is 11.8. The van der Waals surface area contributed by atoms with Crippen LogP contribution in [0.4, 0.5) is 5.69 Å². The lowest BCUT2D eigenvalue weighted by atomic mass is 10.1. The Hall–Kier alpha value is -2.01. The number of aliphatic hydroxyl groups excluding tert-OH is 1. The van der Waals surface area contributed by atoms with Gasteiger partial charge in [-0.15, -0.1) is 6.58 Å². The Labute approximate surface area is 118 Å². The lowest BCUT2D eigenvalue weighted by Crippen LogP contribution is -2.45. The summed E-state index contributed by atoms with van der Waals surface area (Å²) in [5.41, 5.74) is 1.28. The van der Waals surface area contributed by atoms with Crippen molar-refractivity contribution >= 4 is 11.6 Å². The third-order valence-corrected chi connectivity index (χ3v) is 3.27. The van der Waals surface area contributed by atoms with E-state index in [1.165, 1.54) is 7.11 Å². The summed E-state index contributed by atoms with van der Waals surface area (Å²) in [4.78, 5) is 14.0. The molecule has 5 heteroatoms. The molecule has 20 heavy (non-hydrogen) atoms. The molecule has 1 aromatic carbocycles. The van der Waals surface area contributed by atoms with Crippen LogP contribution in [0.1, 0.15) is 18.9 Å². The number of hydrogen-bond donors (Lipinski definition) is 1. The fourth-order valence-electron chi connectivity index (χ4n) is 2.27. The summed E-state index contributed by atoms with van der Waals surface area (Å²) in [6.45, 7) is 5.84. The summed E-state index contributed by atoms with van der Waals surface area (Å²) >= 11 is 0. The van der Waals surface area contributed by atoms with Crippen LogP contribution >= 0.6 is 0 Å². The van der Waals surface area contributed by atoms with Crippen LogP contribution in [0.3, 0.4) is 0 Å². The van der Waals surface area contributed by atoms with Crippen molar-refractivity contribution in [1.82, 2.24) is 0 Å². The van der Waals surface area contributed by atoms with Crippen molar-refractivity contribution in [2.75, 3.05) is 18.6 Å². The molecule has 0 saturated heterocycles. The van der Waals surface area contributed by atoms with Gasteiger partial charge in [0.2, 0.25) is 0 Å². The second-order valence-corrected chi connectivity index (χ2v) is 4.56. The van der Waals surface area contributed by atoms with Crippen molar-refractivity contribution in [1.29, 1.82) is 0 Å². The minimum absolute atomic E-state index is 0.1000. The maximum atomic E-state index is 12.4. The number of carbonyl (C=O) groups is 1. The molecule has 1 amide bonds.